The molecule has 2 rings (SSSR count). The number of piperidine rings is 1. The third-order valence-electron chi connectivity index (χ3n) is 3.11. The highest BCUT2D eigenvalue weighted by Gasteiger charge is 2.21. The molecule has 0 N–H and O–H groups in total. The molecule has 5 nitrogen and oxygen atoms in total. The average Bonchev–Trinajstić information content (AvgIpc) is 2.88. The van der Waals surface area contributed by atoms with E-state index in [0.29, 0.717) is 5.71 Å². The molecule has 1 aromatic rings. The van der Waals surface area contributed by atoms with Gasteiger partial charge in [-0.05, 0) is 58.5 Å². The Bertz CT molecular complexity index is 513. The second kappa shape index (κ2) is 6.30. The normalized spacial score (nSPS) is 19.2. The van der Waals surface area contributed by atoms with Gasteiger partial charge in [-0.2, -0.15) is 13.8 Å². The van der Waals surface area contributed by atoms with E-state index in [9.17, 15) is 4.21 Å². The first-order chi connectivity index (χ1) is 9.38. The van der Waals surface area contributed by atoms with Gasteiger partial charge in [0.15, 0.2) is 5.01 Å². The summed E-state index contributed by atoms with van der Waals surface area (Å²) in [7, 11) is -1.25. The molecule has 0 aliphatic carbocycles. The number of anilines is 1. The smallest absolute Gasteiger partial charge is 0.237 e. The van der Waals surface area contributed by atoms with Crippen LogP contribution in [-0.4, -0.2) is 37.1 Å². The Labute approximate surface area is 127 Å². The van der Waals surface area contributed by atoms with Crippen LogP contribution in [0.2, 0.25) is 0 Å². The van der Waals surface area contributed by atoms with E-state index in [1.807, 2.05) is 27.7 Å². The predicted molar refractivity (Wildman–Crippen MR) is 86.1 cm³/mol. The number of rotatable bonds is 3. The van der Waals surface area contributed by atoms with Crippen molar-refractivity contribution >= 4 is 34.2 Å². The number of nitrogens with zero attached hydrogens (tertiary/aromatic N) is 4. The van der Waals surface area contributed by atoms with Crippen molar-refractivity contribution in [3.8, 4) is 0 Å². The predicted octanol–water partition coefficient (Wildman–Crippen LogP) is 2.80. The molecule has 0 saturated carbocycles. The zero-order chi connectivity index (χ0) is 14.8. The standard InChI is InChI=1S/C13H22N4OS2/c1-10(16-20(18)13(2,3)4)11-14-12(15-19-11)17-8-6-5-7-9-17/h5-9H2,1-4H3/b16-10+/t20-/m1/s1. The van der Waals surface area contributed by atoms with Crippen molar-refractivity contribution in [3.05, 3.63) is 5.01 Å². The second-order valence-corrected chi connectivity index (χ2v) is 8.64. The lowest BCUT2D eigenvalue weighted by Gasteiger charge is -2.25. The third-order valence-corrected chi connectivity index (χ3v) is 5.41. The minimum Gasteiger partial charge on any atom is -0.340 e. The first-order valence-electron chi connectivity index (χ1n) is 6.94. The van der Waals surface area contributed by atoms with Crippen molar-refractivity contribution in [2.45, 2.75) is 51.7 Å². The lowest BCUT2D eigenvalue weighted by molar-refractivity contribution is 0.570. The maximum absolute atomic E-state index is 12.0. The second-order valence-electron chi connectivity index (χ2n) is 5.99. The Kier molecular flexibility index (Phi) is 4.90. The fourth-order valence-electron chi connectivity index (χ4n) is 1.89. The summed E-state index contributed by atoms with van der Waals surface area (Å²) < 4.78 is 20.3. The van der Waals surface area contributed by atoms with Crippen molar-refractivity contribution in [1.82, 2.24) is 9.36 Å². The molecular weight excluding hydrogens is 292 g/mol. The molecule has 112 valence electrons. The molecule has 7 heteroatoms. The summed E-state index contributed by atoms with van der Waals surface area (Å²) in [5.41, 5.74) is 0.707. The first-order valence-corrected chi connectivity index (χ1v) is 8.82. The molecule has 1 saturated heterocycles. The van der Waals surface area contributed by atoms with E-state index < -0.39 is 11.0 Å². The first kappa shape index (κ1) is 15.6. The van der Waals surface area contributed by atoms with Gasteiger partial charge in [0.2, 0.25) is 5.95 Å². The van der Waals surface area contributed by atoms with Gasteiger partial charge in [0.1, 0.15) is 11.0 Å². The van der Waals surface area contributed by atoms with Crippen LogP contribution in [0, 0.1) is 0 Å². The Morgan fingerprint density at radius 3 is 2.55 bits per heavy atom. The van der Waals surface area contributed by atoms with Crippen LogP contribution in [0.5, 0.6) is 0 Å². The number of hydrogen-bond acceptors (Lipinski definition) is 5. The molecule has 1 atom stereocenters. The van der Waals surface area contributed by atoms with Gasteiger partial charge < -0.3 is 4.90 Å². The molecular formula is C13H22N4OS2. The Balaban J connectivity index is 2.11. The monoisotopic (exact) mass is 314 g/mol. The van der Waals surface area contributed by atoms with Gasteiger partial charge in [-0.25, -0.2) is 4.21 Å². The van der Waals surface area contributed by atoms with E-state index in [-0.39, 0.29) is 4.75 Å². The number of hydrogen-bond donors (Lipinski definition) is 0. The summed E-state index contributed by atoms with van der Waals surface area (Å²) in [4.78, 5) is 6.76. The lowest BCUT2D eigenvalue weighted by atomic mass is 10.1. The molecule has 1 fully saturated rings. The van der Waals surface area contributed by atoms with Crippen LogP contribution in [-0.2, 0) is 11.0 Å². The highest BCUT2D eigenvalue weighted by molar-refractivity contribution is 7.85. The zero-order valence-corrected chi connectivity index (χ0v) is 14.2. The summed E-state index contributed by atoms with van der Waals surface area (Å²) in [5, 5.41) is 0.767. The van der Waals surface area contributed by atoms with Gasteiger partial charge in [-0.1, -0.05) is 0 Å². The SMILES string of the molecule is C/C(=N\[S@](=O)C(C)(C)C)c1nc(N2CCCCC2)ns1. The molecule has 0 radical (unpaired) electrons. The molecule has 0 spiro atoms. The highest BCUT2D eigenvalue weighted by atomic mass is 32.2. The van der Waals surface area contributed by atoms with Gasteiger partial charge in [0, 0.05) is 13.1 Å². The van der Waals surface area contributed by atoms with Crippen LogP contribution in [0.15, 0.2) is 4.40 Å². The van der Waals surface area contributed by atoms with Crippen LogP contribution in [0.1, 0.15) is 52.0 Å². The van der Waals surface area contributed by atoms with Gasteiger partial charge in [-0.15, -0.1) is 0 Å². The van der Waals surface area contributed by atoms with E-state index >= 15 is 0 Å². The van der Waals surface area contributed by atoms with Gasteiger partial charge in [0.05, 0.1) is 10.5 Å². The van der Waals surface area contributed by atoms with Gasteiger partial charge in [-0.3, -0.25) is 0 Å². The molecule has 0 amide bonds. The largest absolute Gasteiger partial charge is 0.340 e. The van der Waals surface area contributed by atoms with Crippen molar-refractivity contribution < 1.29 is 4.21 Å². The summed E-state index contributed by atoms with van der Waals surface area (Å²) >= 11 is 1.34. The Morgan fingerprint density at radius 2 is 1.95 bits per heavy atom. The van der Waals surface area contributed by atoms with Crippen molar-refractivity contribution in [1.29, 1.82) is 0 Å². The van der Waals surface area contributed by atoms with E-state index in [2.05, 4.69) is 18.7 Å². The van der Waals surface area contributed by atoms with Crippen molar-refractivity contribution in [2.75, 3.05) is 18.0 Å². The Morgan fingerprint density at radius 1 is 1.30 bits per heavy atom. The molecule has 0 unspecified atom stereocenters. The quantitative estimate of drug-likeness (QED) is 0.805. The molecule has 1 aromatic heterocycles. The minimum atomic E-state index is -1.25. The average molecular weight is 314 g/mol. The van der Waals surface area contributed by atoms with Crippen LogP contribution in [0.4, 0.5) is 5.95 Å². The lowest BCUT2D eigenvalue weighted by Crippen LogP contribution is -2.30. The van der Waals surface area contributed by atoms with Crippen LogP contribution < -0.4 is 4.90 Å². The maximum Gasteiger partial charge on any atom is 0.237 e. The molecule has 0 bridgehead atoms. The molecule has 20 heavy (non-hydrogen) atoms. The van der Waals surface area contributed by atoms with E-state index in [0.717, 1.165) is 24.0 Å². The van der Waals surface area contributed by atoms with Gasteiger partial charge >= 0.3 is 0 Å². The van der Waals surface area contributed by atoms with E-state index in [1.165, 1.54) is 30.8 Å². The van der Waals surface area contributed by atoms with E-state index in [4.69, 9.17) is 0 Å². The highest BCUT2D eigenvalue weighted by Crippen LogP contribution is 2.20. The molecule has 1 aliphatic heterocycles. The van der Waals surface area contributed by atoms with Gasteiger partial charge in [0.25, 0.3) is 0 Å². The molecule has 0 aromatic carbocycles. The molecule has 2 heterocycles. The summed E-state index contributed by atoms with van der Waals surface area (Å²) in [5.74, 6) is 0.792. The van der Waals surface area contributed by atoms with E-state index in [1.54, 1.807) is 0 Å². The fraction of sp³-hybridized carbons (Fsp3) is 0.769. The summed E-state index contributed by atoms with van der Waals surface area (Å²) in [6, 6.07) is 0. The van der Waals surface area contributed by atoms with Crippen LogP contribution in [0.25, 0.3) is 0 Å². The fourth-order valence-corrected chi connectivity index (χ4v) is 3.18. The molecule has 1 aliphatic rings. The van der Waals surface area contributed by atoms with Crippen molar-refractivity contribution in [3.63, 3.8) is 0 Å². The topological polar surface area (TPSA) is 58.5 Å². The maximum atomic E-state index is 12.0. The third kappa shape index (κ3) is 3.85. The number of aromatic nitrogens is 2. The van der Waals surface area contributed by atoms with Crippen LogP contribution >= 0.6 is 11.5 Å². The minimum absolute atomic E-state index is 0.346. The summed E-state index contributed by atoms with van der Waals surface area (Å²) in [6.45, 7) is 9.65. The van der Waals surface area contributed by atoms with Crippen LogP contribution in [0.3, 0.4) is 0 Å². The van der Waals surface area contributed by atoms with Crippen molar-refractivity contribution in [2.24, 2.45) is 4.40 Å². The summed E-state index contributed by atoms with van der Waals surface area (Å²) in [6.07, 6.45) is 3.70. The zero-order valence-electron chi connectivity index (χ0n) is 12.5. The Hall–Kier alpha value is -0.820.